The monoisotopic (exact) mass is 429 g/mol. The van der Waals surface area contributed by atoms with Crippen LogP contribution in [0.2, 0.25) is 0 Å². The van der Waals surface area contributed by atoms with E-state index in [1.54, 1.807) is 0 Å². The van der Waals surface area contributed by atoms with Crippen molar-refractivity contribution in [1.29, 1.82) is 0 Å². The number of methoxy groups -OCH3 is 1. The minimum Gasteiger partial charge on any atom is -1.00 e. The summed E-state index contributed by atoms with van der Waals surface area (Å²) in [7, 11) is 3.22. The number of hydrogen-bond acceptors (Lipinski definition) is 2. The van der Waals surface area contributed by atoms with E-state index in [1.807, 2.05) is 25.5 Å². The van der Waals surface area contributed by atoms with Gasteiger partial charge in [-0.3, -0.25) is 0 Å². The van der Waals surface area contributed by atoms with Crippen LogP contribution in [0.15, 0.2) is 12.1 Å². The molecule has 0 spiro atoms. The summed E-state index contributed by atoms with van der Waals surface area (Å²) in [4.78, 5) is 0. The van der Waals surface area contributed by atoms with Crippen molar-refractivity contribution in [1.82, 2.24) is 0 Å². The second-order valence-electron chi connectivity index (χ2n) is 5.78. The quantitative estimate of drug-likeness (QED) is 0.496. The summed E-state index contributed by atoms with van der Waals surface area (Å²) in [5.74, 6) is 0.734. The molecule has 0 radical (unpaired) electrons. The van der Waals surface area contributed by atoms with Gasteiger partial charge in [-0.1, -0.05) is 0 Å². The molecular formula is C15H19F3INO2. The number of hydrogen-bond donors (Lipinski definition) is 0. The predicted octanol–water partition coefficient (Wildman–Crippen LogP) is 0.224. The fourth-order valence-corrected chi connectivity index (χ4v) is 2.40. The molecule has 1 aliphatic rings. The molecule has 124 valence electrons. The molecule has 0 amide bonds. The highest BCUT2D eigenvalue weighted by Crippen LogP contribution is 2.38. The Hall–Kier alpha value is -0.990. The van der Waals surface area contributed by atoms with Crippen molar-refractivity contribution >= 4 is 5.90 Å². The summed E-state index contributed by atoms with van der Waals surface area (Å²) in [6, 6.07) is 2.48. The van der Waals surface area contributed by atoms with Crippen LogP contribution in [0.1, 0.15) is 30.5 Å². The average Bonchev–Trinajstić information content (AvgIpc) is 2.62. The zero-order valence-corrected chi connectivity index (χ0v) is 15.3. The Balaban J connectivity index is 0.00000242. The Kier molecular flexibility index (Phi) is 5.42. The number of ether oxygens (including phenoxy) is 2. The molecule has 1 aliphatic heterocycles. The van der Waals surface area contributed by atoms with E-state index in [9.17, 15) is 13.2 Å². The Bertz CT molecular complexity index is 610. The standard InChI is InChI=1S/C15H19F3NO2.HI/c1-9-11(15(16,17)18)7-6-10(12(9)20-5)13-19(4)14(2,3)8-21-13;/h6-7H,8H2,1-5H3;1H/q+1;/p-1. The van der Waals surface area contributed by atoms with Crippen LogP contribution in [0.5, 0.6) is 5.75 Å². The fraction of sp³-hybridized carbons (Fsp3) is 0.533. The minimum absolute atomic E-state index is 0. The highest BCUT2D eigenvalue weighted by molar-refractivity contribution is 5.94. The lowest BCUT2D eigenvalue weighted by Gasteiger charge is -2.15. The second-order valence-corrected chi connectivity index (χ2v) is 5.78. The summed E-state index contributed by atoms with van der Waals surface area (Å²) in [5, 5.41) is 0. The average molecular weight is 429 g/mol. The highest BCUT2D eigenvalue weighted by Gasteiger charge is 2.42. The largest absolute Gasteiger partial charge is 1.00 e. The fourth-order valence-electron chi connectivity index (χ4n) is 2.40. The zero-order valence-electron chi connectivity index (χ0n) is 13.1. The van der Waals surface area contributed by atoms with Gasteiger partial charge in [-0.2, -0.15) is 17.7 Å². The maximum atomic E-state index is 13.0. The van der Waals surface area contributed by atoms with E-state index in [0.717, 1.165) is 6.07 Å². The molecular weight excluding hydrogens is 410 g/mol. The van der Waals surface area contributed by atoms with E-state index < -0.39 is 11.7 Å². The Morgan fingerprint density at radius 2 is 1.86 bits per heavy atom. The summed E-state index contributed by atoms with van der Waals surface area (Å²) in [6.07, 6.45) is -4.40. The van der Waals surface area contributed by atoms with Crippen LogP contribution in [0.25, 0.3) is 0 Å². The molecule has 3 nitrogen and oxygen atoms in total. The van der Waals surface area contributed by atoms with Gasteiger partial charge >= 0.3 is 12.1 Å². The molecule has 0 aromatic heterocycles. The van der Waals surface area contributed by atoms with Gasteiger partial charge < -0.3 is 33.5 Å². The molecule has 1 heterocycles. The first-order valence-corrected chi connectivity index (χ1v) is 6.58. The van der Waals surface area contributed by atoms with E-state index in [0.29, 0.717) is 18.1 Å². The Labute approximate surface area is 145 Å². The molecule has 2 rings (SSSR count). The number of halogens is 4. The molecule has 1 aromatic rings. The summed E-state index contributed by atoms with van der Waals surface area (Å²) < 4.78 is 51.7. The van der Waals surface area contributed by atoms with Crippen molar-refractivity contribution in [3.8, 4) is 5.75 Å². The lowest BCUT2D eigenvalue weighted by molar-refractivity contribution is -0.562. The molecule has 0 bridgehead atoms. The van der Waals surface area contributed by atoms with E-state index in [4.69, 9.17) is 9.47 Å². The molecule has 22 heavy (non-hydrogen) atoms. The van der Waals surface area contributed by atoms with Gasteiger partial charge in [-0.25, -0.2) is 0 Å². The molecule has 7 heteroatoms. The number of benzene rings is 1. The van der Waals surface area contributed by atoms with Crippen LogP contribution in [0, 0.1) is 6.92 Å². The van der Waals surface area contributed by atoms with E-state index in [2.05, 4.69) is 0 Å². The van der Waals surface area contributed by atoms with Gasteiger partial charge in [0, 0.05) is 19.4 Å². The number of rotatable bonds is 2. The van der Waals surface area contributed by atoms with Crippen molar-refractivity contribution in [2.24, 2.45) is 0 Å². The number of nitrogens with zero attached hydrogens (tertiary/aromatic N) is 1. The van der Waals surface area contributed by atoms with Gasteiger partial charge in [0.25, 0.3) is 0 Å². The number of alkyl halides is 3. The predicted molar refractivity (Wildman–Crippen MR) is 73.1 cm³/mol. The van der Waals surface area contributed by atoms with Gasteiger partial charge in [0.1, 0.15) is 18.4 Å². The summed E-state index contributed by atoms with van der Waals surface area (Å²) >= 11 is 0. The van der Waals surface area contributed by atoms with Crippen molar-refractivity contribution in [2.45, 2.75) is 32.5 Å². The van der Waals surface area contributed by atoms with E-state index in [1.165, 1.54) is 20.1 Å². The Morgan fingerprint density at radius 3 is 2.27 bits per heavy atom. The van der Waals surface area contributed by atoms with Crippen molar-refractivity contribution in [2.75, 3.05) is 20.8 Å². The smallest absolute Gasteiger partial charge is 0.416 e. The lowest BCUT2D eigenvalue weighted by atomic mass is 10.0. The van der Waals surface area contributed by atoms with E-state index >= 15 is 0 Å². The first-order chi connectivity index (χ1) is 9.59. The molecule has 0 unspecified atom stereocenters. The third kappa shape index (κ3) is 3.18. The first kappa shape index (κ1) is 19.1. The molecule has 0 saturated carbocycles. The second kappa shape index (κ2) is 6.25. The molecule has 0 fully saturated rings. The van der Waals surface area contributed by atoms with Gasteiger partial charge in [0.05, 0.1) is 12.7 Å². The highest BCUT2D eigenvalue weighted by atomic mass is 127. The zero-order chi connectivity index (χ0) is 16.0. The Morgan fingerprint density at radius 1 is 1.27 bits per heavy atom. The molecule has 0 saturated heterocycles. The maximum Gasteiger partial charge on any atom is 0.416 e. The van der Waals surface area contributed by atoms with Crippen molar-refractivity contribution in [3.63, 3.8) is 0 Å². The van der Waals surface area contributed by atoms with Crippen molar-refractivity contribution < 1.29 is 51.2 Å². The summed E-state index contributed by atoms with van der Waals surface area (Å²) in [5.41, 5.74) is -0.298. The number of likely N-dealkylation sites (N-methyl/N-ethyl adjacent to an activating group) is 1. The molecule has 0 N–H and O–H groups in total. The molecule has 1 aromatic carbocycles. The van der Waals surface area contributed by atoms with Gasteiger partial charge in [-0.05, 0) is 19.1 Å². The lowest BCUT2D eigenvalue weighted by Crippen LogP contribution is -3.00. The molecule has 0 aliphatic carbocycles. The van der Waals surface area contributed by atoms with Crippen LogP contribution in [-0.2, 0) is 10.9 Å². The van der Waals surface area contributed by atoms with Gasteiger partial charge in [-0.15, -0.1) is 0 Å². The topological polar surface area (TPSA) is 21.5 Å². The third-order valence-electron chi connectivity index (χ3n) is 3.92. The van der Waals surface area contributed by atoms with Crippen LogP contribution < -0.4 is 28.7 Å². The van der Waals surface area contributed by atoms with Crippen LogP contribution >= 0.6 is 0 Å². The normalized spacial score (nSPS) is 17.1. The third-order valence-corrected chi connectivity index (χ3v) is 3.92. The van der Waals surface area contributed by atoms with Gasteiger partial charge in [0.2, 0.25) is 0 Å². The van der Waals surface area contributed by atoms with Crippen molar-refractivity contribution in [3.05, 3.63) is 28.8 Å². The first-order valence-electron chi connectivity index (χ1n) is 6.58. The maximum absolute atomic E-state index is 13.0. The minimum atomic E-state index is -4.40. The molecule has 0 atom stereocenters. The van der Waals surface area contributed by atoms with Crippen LogP contribution in [0.3, 0.4) is 0 Å². The summed E-state index contributed by atoms with van der Waals surface area (Å²) in [6.45, 7) is 5.89. The SMILES string of the molecule is COc1c(C2=[N+](C)C(C)(C)CO2)ccc(C(F)(F)F)c1C.[I-]. The van der Waals surface area contributed by atoms with E-state index in [-0.39, 0.29) is 40.8 Å². The van der Waals surface area contributed by atoms with Crippen LogP contribution in [0.4, 0.5) is 13.2 Å². The van der Waals surface area contributed by atoms with Gasteiger partial charge in [0.15, 0.2) is 12.1 Å². The van der Waals surface area contributed by atoms with Crippen LogP contribution in [-0.4, -0.2) is 36.8 Å².